The lowest BCUT2D eigenvalue weighted by Crippen LogP contribution is -2.67. The number of phosphoric ester groups is 2. The Balaban J connectivity index is 1.64. The van der Waals surface area contributed by atoms with Crippen LogP contribution < -0.4 is 21.9 Å². The smallest absolute Gasteiger partial charge is 0.476 e. The van der Waals surface area contributed by atoms with Crippen LogP contribution in [0.1, 0.15) is 32.9 Å². The van der Waals surface area contributed by atoms with Gasteiger partial charge in [0.2, 0.25) is 17.6 Å². The quantitative estimate of drug-likeness (QED) is 0.0652. The molecule has 264 valence electrons. The number of rotatable bonds is 14. The number of phosphoric acid groups is 2. The number of aliphatic hydroxyl groups is 3. The maximum atomic E-state index is 12.7. The van der Waals surface area contributed by atoms with Crippen LogP contribution >= 0.6 is 15.6 Å². The molecule has 2 aliphatic heterocycles. The van der Waals surface area contributed by atoms with Crippen LogP contribution in [0.25, 0.3) is 0 Å². The largest absolute Gasteiger partial charge is 0.483 e. The molecule has 3 heterocycles. The Labute approximate surface area is 262 Å². The third kappa shape index (κ3) is 10.2. The van der Waals surface area contributed by atoms with Gasteiger partial charge in [-0.3, -0.25) is 37.8 Å². The van der Waals surface area contributed by atoms with Gasteiger partial charge in [0.15, 0.2) is 12.5 Å². The SMILES string of the molecule is CC(=O)N[C@H]1[C@@H](OP(=O)(O)OP(=O)(O)OC[C@H]2O[C@@H](n3ccc(=O)[nH]c3=O)[C@H](O)[C@@H]2O)O[C@@H](C)[C@H](NC(=O)CCC(=O)C(=O)O)[C@@H]1O. The lowest BCUT2D eigenvalue weighted by atomic mass is 9.94. The summed E-state index contributed by atoms with van der Waals surface area (Å²) in [6, 6.07) is -2.16. The second kappa shape index (κ2) is 15.4. The Morgan fingerprint density at radius 1 is 0.979 bits per heavy atom. The molecule has 2 amide bonds. The summed E-state index contributed by atoms with van der Waals surface area (Å²) in [5.41, 5.74) is -1.79. The fourth-order valence-electron chi connectivity index (χ4n) is 4.51. The van der Waals surface area contributed by atoms with Gasteiger partial charge in [-0.05, 0) is 6.92 Å². The summed E-state index contributed by atoms with van der Waals surface area (Å²) in [4.78, 5) is 91.4. The normalized spacial score (nSPS) is 31.7. The Bertz CT molecular complexity index is 1560. The second-order valence-electron chi connectivity index (χ2n) is 10.2. The van der Waals surface area contributed by atoms with Crippen molar-refractivity contribution in [3.63, 3.8) is 0 Å². The number of carbonyl (C=O) groups is 4. The lowest BCUT2D eigenvalue weighted by molar-refractivity contribution is -0.208. The molecule has 0 radical (unpaired) electrons. The molecule has 2 unspecified atom stereocenters. The summed E-state index contributed by atoms with van der Waals surface area (Å²) >= 11 is 0. The molecule has 1 aromatic rings. The van der Waals surface area contributed by atoms with Crippen molar-refractivity contribution >= 4 is 39.2 Å². The minimum absolute atomic E-state index is 0.592. The van der Waals surface area contributed by atoms with E-state index in [-0.39, 0.29) is 0 Å². The van der Waals surface area contributed by atoms with E-state index in [1.54, 1.807) is 0 Å². The number of nitrogens with zero attached hydrogens (tertiary/aromatic N) is 1. The van der Waals surface area contributed by atoms with Crippen LogP contribution in [0.2, 0.25) is 0 Å². The molecule has 2 saturated heterocycles. The van der Waals surface area contributed by atoms with E-state index in [4.69, 9.17) is 19.1 Å². The number of carbonyl (C=O) groups excluding carboxylic acids is 3. The molecule has 3 rings (SSSR count). The number of H-pyrrole nitrogens is 1. The minimum atomic E-state index is -5.69. The first-order valence-electron chi connectivity index (χ1n) is 13.4. The van der Waals surface area contributed by atoms with Gasteiger partial charge >= 0.3 is 27.3 Å². The van der Waals surface area contributed by atoms with Crippen LogP contribution in [0.4, 0.5) is 0 Å². The molecule has 0 spiro atoms. The number of aromatic nitrogens is 2. The molecule has 0 saturated carbocycles. The highest BCUT2D eigenvalue weighted by Gasteiger charge is 2.50. The molecule has 23 nitrogen and oxygen atoms in total. The summed E-state index contributed by atoms with van der Waals surface area (Å²) in [5.74, 6) is -4.74. The number of hydrogen-bond donors (Lipinski definition) is 9. The van der Waals surface area contributed by atoms with Crippen LogP contribution in [-0.2, 0) is 51.1 Å². The zero-order valence-electron chi connectivity index (χ0n) is 24.3. The summed E-state index contributed by atoms with van der Waals surface area (Å²) in [6.45, 7) is 1.16. The predicted octanol–water partition coefficient (Wildman–Crippen LogP) is -4.06. The van der Waals surface area contributed by atoms with E-state index >= 15 is 0 Å². The van der Waals surface area contributed by atoms with Crippen LogP contribution in [0.5, 0.6) is 0 Å². The van der Waals surface area contributed by atoms with E-state index in [1.807, 2.05) is 4.98 Å². The monoisotopic (exact) mass is 718 g/mol. The molecule has 25 heteroatoms. The second-order valence-corrected chi connectivity index (χ2v) is 13.2. The number of Topliss-reactive ketones (excluding diaryl/α,β-unsaturated/α-hetero) is 1. The Hall–Kier alpha value is -3.18. The van der Waals surface area contributed by atoms with Crippen LogP contribution in [0.3, 0.4) is 0 Å². The molecule has 2 fully saturated rings. The van der Waals surface area contributed by atoms with Crippen molar-refractivity contribution in [2.45, 2.75) is 81.8 Å². The summed E-state index contributed by atoms with van der Waals surface area (Å²) in [7, 11) is -11.3. The van der Waals surface area contributed by atoms with E-state index in [1.165, 1.54) is 6.92 Å². The fourth-order valence-corrected chi connectivity index (χ4v) is 6.68. The molecular formula is C22H32N4O19P2. The Morgan fingerprint density at radius 2 is 1.64 bits per heavy atom. The van der Waals surface area contributed by atoms with Crippen molar-refractivity contribution < 1.29 is 81.4 Å². The van der Waals surface area contributed by atoms with Gasteiger partial charge in [0, 0.05) is 32.0 Å². The van der Waals surface area contributed by atoms with Crippen molar-refractivity contribution in [1.82, 2.24) is 20.2 Å². The molecule has 9 N–H and O–H groups in total. The van der Waals surface area contributed by atoms with E-state index in [2.05, 4.69) is 19.5 Å². The molecule has 11 atom stereocenters. The Kier molecular flexibility index (Phi) is 12.5. The number of amides is 2. The lowest BCUT2D eigenvalue weighted by Gasteiger charge is -2.43. The van der Waals surface area contributed by atoms with Gasteiger partial charge in [-0.15, -0.1) is 0 Å². The van der Waals surface area contributed by atoms with E-state index < -0.39 is 125 Å². The predicted molar refractivity (Wildman–Crippen MR) is 147 cm³/mol. The van der Waals surface area contributed by atoms with Gasteiger partial charge < -0.3 is 50.3 Å². The van der Waals surface area contributed by atoms with Gasteiger partial charge in [0.05, 0.1) is 18.8 Å². The van der Waals surface area contributed by atoms with Gasteiger partial charge in [-0.25, -0.2) is 18.7 Å². The van der Waals surface area contributed by atoms with Crippen molar-refractivity contribution in [3.05, 3.63) is 33.1 Å². The summed E-state index contributed by atoms with van der Waals surface area (Å²) in [5, 5.41) is 44.5. The number of nitrogens with one attached hydrogen (secondary N) is 3. The maximum Gasteiger partial charge on any atom is 0.483 e. The zero-order chi connectivity index (χ0) is 35.4. The minimum Gasteiger partial charge on any atom is -0.476 e. The highest BCUT2D eigenvalue weighted by Crippen LogP contribution is 2.61. The first-order chi connectivity index (χ1) is 21.7. The van der Waals surface area contributed by atoms with Crippen molar-refractivity contribution in [1.29, 1.82) is 0 Å². The number of ketones is 1. The summed E-state index contributed by atoms with van der Waals surface area (Å²) in [6.07, 6.45) is -12.3. The molecule has 1 aromatic heterocycles. The number of aliphatic hydroxyl groups excluding tert-OH is 3. The average Bonchev–Trinajstić information content (AvgIpc) is 3.22. The number of ether oxygens (including phenoxy) is 2. The van der Waals surface area contributed by atoms with Gasteiger partial charge in [-0.2, -0.15) is 4.31 Å². The van der Waals surface area contributed by atoms with E-state index in [0.29, 0.717) is 4.57 Å². The molecule has 2 aliphatic rings. The van der Waals surface area contributed by atoms with E-state index in [0.717, 1.165) is 19.2 Å². The van der Waals surface area contributed by atoms with Crippen molar-refractivity contribution in [2.75, 3.05) is 6.61 Å². The van der Waals surface area contributed by atoms with Crippen LogP contribution in [0.15, 0.2) is 21.9 Å². The maximum absolute atomic E-state index is 12.7. The third-order valence-corrected chi connectivity index (χ3v) is 9.31. The first-order valence-corrected chi connectivity index (χ1v) is 16.4. The molecule has 0 aromatic carbocycles. The Morgan fingerprint density at radius 3 is 2.23 bits per heavy atom. The first kappa shape index (κ1) is 38.3. The van der Waals surface area contributed by atoms with Crippen molar-refractivity contribution in [2.24, 2.45) is 0 Å². The highest BCUT2D eigenvalue weighted by molar-refractivity contribution is 7.61. The van der Waals surface area contributed by atoms with Gasteiger partial charge in [0.1, 0.15) is 30.5 Å². The molecule has 0 aliphatic carbocycles. The van der Waals surface area contributed by atoms with Gasteiger partial charge in [-0.1, -0.05) is 0 Å². The number of carboxylic acid groups (broad SMARTS) is 1. The number of hydrogen-bond acceptors (Lipinski definition) is 16. The number of aliphatic carboxylic acids is 1. The van der Waals surface area contributed by atoms with E-state index in [9.17, 15) is 63.0 Å². The molecule has 0 bridgehead atoms. The highest BCUT2D eigenvalue weighted by atomic mass is 31.3. The summed E-state index contributed by atoms with van der Waals surface area (Å²) < 4.78 is 50.3. The number of carboxylic acids is 1. The average molecular weight is 718 g/mol. The zero-order valence-corrected chi connectivity index (χ0v) is 26.1. The van der Waals surface area contributed by atoms with Crippen molar-refractivity contribution in [3.8, 4) is 0 Å². The fraction of sp³-hybridized carbons (Fsp3) is 0.636. The topological polar surface area (TPSA) is 349 Å². The standard InChI is InChI=1S/C22H32N4O19P2/c1-8-14(24-12(29)4-3-10(28)20(34)35)17(32)15(23-9(2)27)21(42-8)44-47(39,40)45-46(37,38)41-7-11-16(31)18(33)19(43-11)26-6-5-13(30)25-22(26)36/h5-6,8,11,14-19,21,31-33H,3-4,7H2,1-2H3,(H,23,27)(H,24,29)(H,34,35)(H,37,38)(H,39,40)(H,25,30,36)/t8-,11+,14-,15+,16+,17-,18+,19+,21+/m0/s1. The third-order valence-electron chi connectivity index (χ3n) is 6.71. The molecular weight excluding hydrogens is 686 g/mol. The van der Waals surface area contributed by atoms with Gasteiger partial charge in [0.25, 0.3) is 5.56 Å². The number of aromatic amines is 1. The van der Waals surface area contributed by atoms with Crippen LogP contribution in [-0.4, -0.2) is 119 Å². The van der Waals surface area contributed by atoms with Crippen LogP contribution in [0, 0.1) is 0 Å². The molecule has 47 heavy (non-hydrogen) atoms.